The lowest BCUT2D eigenvalue weighted by molar-refractivity contribution is 0.0344. The Hall–Kier alpha value is -0.910. The number of hydrogen-bond donors (Lipinski definition) is 1. The molecule has 0 spiro atoms. The summed E-state index contributed by atoms with van der Waals surface area (Å²) in [6.45, 7) is 9.38. The smallest absolute Gasteiger partial charge is 0.0945 e. The van der Waals surface area contributed by atoms with Gasteiger partial charge in [-0.15, -0.1) is 0 Å². The lowest BCUT2D eigenvalue weighted by atomic mass is 10.2. The summed E-state index contributed by atoms with van der Waals surface area (Å²) in [5.41, 5.74) is 0. The Morgan fingerprint density at radius 2 is 2.22 bits per heavy atom. The van der Waals surface area contributed by atoms with E-state index < -0.39 is 0 Å². The molecule has 1 saturated heterocycles. The largest absolute Gasteiger partial charge is 0.379 e. The van der Waals surface area contributed by atoms with Gasteiger partial charge in [0, 0.05) is 44.6 Å². The van der Waals surface area contributed by atoms with Crippen LogP contribution in [0.5, 0.6) is 0 Å². The van der Waals surface area contributed by atoms with Crippen LogP contribution in [-0.2, 0) is 11.3 Å². The number of aryl methyl sites for hydroxylation is 1. The predicted molar refractivity (Wildman–Crippen MR) is 71.6 cm³/mol. The molecule has 1 fully saturated rings. The zero-order valence-corrected chi connectivity index (χ0v) is 11.2. The van der Waals surface area contributed by atoms with Crippen LogP contribution in [0.4, 0.5) is 0 Å². The van der Waals surface area contributed by atoms with E-state index in [4.69, 9.17) is 4.74 Å². The topological polar surface area (TPSA) is 42.3 Å². The van der Waals surface area contributed by atoms with E-state index in [1.807, 2.05) is 18.7 Å². The molecule has 18 heavy (non-hydrogen) atoms. The van der Waals surface area contributed by atoms with Crippen molar-refractivity contribution in [1.82, 2.24) is 19.8 Å². The molecule has 1 aromatic heterocycles. The van der Waals surface area contributed by atoms with E-state index in [1.165, 1.54) is 0 Å². The quantitative estimate of drug-likeness (QED) is 0.721. The first-order chi connectivity index (χ1) is 8.84. The molecule has 1 aliphatic rings. The van der Waals surface area contributed by atoms with E-state index in [-0.39, 0.29) is 0 Å². The first kappa shape index (κ1) is 13.5. The van der Waals surface area contributed by atoms with Gasteiger partial charge in [-0.05, 0) is 19.9 Å². The van der Waals surface area contributed by atoms with E-state index in [9.17, 15) is 0 Å². The number of imidazole rings is 1. The summed E-state index contributed by atoms with van der Waals surface area (Å²) in [6, 6.07) is 0.547. The Kier molecular flexibility index (Phi) is 5.64. The van der Waals surface area contributed by atoms with E-state index in [2.05, 4.69) is 26.7 Å². The van der Waals surface area contributed by atoms with Gasteiger partial charge < -0.3 is 14.6 Å². The molecule has 102 valence electrons. The minimum atomic E-state index is 0.547. The molecule has 0 aliphatic carbocycles. The van der Waals surface area contributed by atoms with Gasteiger partial charge in [0.1, 0.15) is 0 Å². The van der Waals surface area contributed by atoms with Crippen molar-refractivity contribution in [3.8, 4) is 0 Å². The van der Waals surface area contributed by atoms with E-state index in [1.54, 1.807) is 0 Å². The highest BCUT2D eigenvalue weighted by atomic mass is 16.5. The van der Waals surface area contributed by atoms with Crippen molar-refractivity contribution in [1.29, 1.82) is 0 Å². The number of hydrogen-bond acceptors (Lipinski definition) is 4. The number of rotatable bonds is 7. The second-order valence-electron chi connectivity index (χ2n) is 4.92. The van der Waals surface area contributed by atoms with Crippen molar-refractivity contribution in [3.63, 3.8) is 0 Å². The van der Waals surface area contributed by atoms with E-state index >= 15 is 0 Å². The Balaban J connectivity index is 1.52. The summed E-state index contributed by atoms with van der Waals surface area (Å²) in [6.07, 6.45) is 6.85. The molecule has 0 amide bonds. The molecule has 1 N–H and O–H groups in total. The highest BCUT2D eigenvalue weighted by Crippen LogP contribution is 1.98. The van der Waals surface area contributed by atoms with E-state index in [0.29, 0.717) is 6.04 Å². The minimum absolute atomic E-state index is 0.547. The van der Waals surface area contributed by atoms with Crippen molar-refractivity contribution in [2.75, 3.05) is 39.4 Å². The van der Waals surface area contributed by atoms with Gasteiger partial charge in [0.15, 0.2) is 0 Å². The normalized spacial score (nSPS) is 18.9. The van der Waals surface area contributed by atoms with Crippen LogP contribution >= 0.6 is 0 Å². The van der Waals surface area contributed by atoms with Crippen molar-refractivity contribution < 1.29 is 4.74 Å². The third kappa shape index (κ3) is 4.76. The molecule has 2 rings (SSSR count). The lowest BCUT2D eigenvalue weighted by Gasteiger charge is -2.29. The number of nitrogens with zero attached hydrogens (tertiary/aromatic N) is 3. The zero-order chi connectivity index (χ0) is 12.6. The molecular weight excluding hydrogens is 228 g/mol. The maximum Gasteiger partial charge on any atom is 0.0945 e. The molecule has 5 nitrogen and oxygen atoms in total. The fourth-order valence-corrected chi connectivity index (χ4v) is 2.26. The summed E-state index contributed by atoms with van der Waals surface area (Å²) in [7, 11) is 0. The second kappa shape index (κ2) is 7.51. The molecule has 0 aromatic carbocycles. The fourth-order valence-electron chi connectivity index (χ4n) is 2.26. The van der Waals surface area contributed by atoms with Crippen LogP contribution < -0.4 is 5.32 Å². The SMILES string of the molecule is CC(CN1CCOCC1)NCCCn1ccnc1. The van der Waals surface area contributed by atoms with Crippen molar-refractivity contribution >= 4 is 0 Å². The predicted octanol–water partition coefficient (Wildman–Crippen LogP) is 0.583. The van der Waals surface area contributed by atoms with E-state index in [0.717, 1.165) is 52.4 Å². The van der Waals surface area contributed by atoms with Gasteiger partial charge in [0.25, 0.3) is 0 Å². The van der Waals surface area contributed by atoms with Gasteiger partial charge >= 0.3 is 0 Å². The van der Waals surface area contributed by atoms with Crippen LogP contribution in [0.2, 0.25) is 0 Å². The summed E-state index contributed by atoms with van der Waals surface area (Å²) >= 11 is 0. The van der Waals surface area contributed by atoms with Crippen LogP contribution in [0.1, 0.15) is 13.3 Å². The number of aromatic nitrogens is 2. The molecule has 2 heterocycles. The highest BCUT2D eigenvalue weighted by Gasteiger charge is 2.12. The first-order valence-corrected chi connectivity index (χ1v) is 6.84. The summed E-state index contributed by atoms with van der Waals surface area (Å²) in [5, 5.41) is 3.58. The average molecular weight is 252 g/mol. The first-order valence-electron chi connectivity index (χ1n) is 6.84. The third-order valence-corrected chi connectivity index (χ3v) is 3.28. The molecular formula is C13H24N4O. The molecule has 1 atom stereocenters. The van der Waals surface area contributed by atoms with Gasteiger partial charge in [0.2, 0.25) is 0 Å². The van der Waals surface area contributed by atoms with Gasteiger partial charge in [0.05, 0.1) is 19.5 Å². The van der Waals surface area contributed by atoms with Gasteiger partial charge in [-0.2, -0.15) is 0 Å². The van der Waals surface area contributed by atoms with Crippen LogP contribution in [-0.4, -0.2) is 59.9 Å². The lowest BCUT2D eigenvalue weighted by Crippen LogP contribution is -2.44. The van der Waals surface area contributed by atoms with Gasteiger partial charge in [-0.3, -0.25) is 4.90 Å². The highest BCUT2D eigenvalue weighted by molar-refractivity contribution is 4.74. The van der Waals surface area contributed by atoms with Crippen molar-refractivity contribution in [2.24, 2.45) is 0 Å². The second-order valence-corrected chi connectivity index (χ2v) is 4.92. The average Bonchev–Trinajstić information content (AvgIpc) is 2.89. The maximum absolute atomic E-state index is 5.35. The standard InChI is InChI=1S/C13H24N4O/c1-13(11-16-7-9-18-10-8-16)15-3-2-5-17-6-4-14-12-17/h4,6,12-13,15H,2-3,5,7-11H2,1H3. The Morgan fingerprint density at radius 3 is 2.94 bits per heavy atom. The molecule has 1 aromatic rings. The van der Waals surface area contributed by atoms with Crippen LogP contribution in [0.3, 0.4) is 0 Å². The maximum atomic E-state index is 5.35. The molecule has 1 unspecified atom stereocenters. The number of ether oxygens (including phenoxy) is 1. The van der Waals surface area contributed by atoms with Crippen LogP contribution in [0, 0.1) is 0 Å². The monoisotopic (exact) mass is 252 g/mol. The van der Waals surface area contributed by atoms with Gasteiger partial charge in [-0.1, -0.05) is 0 Å². The molecule has 0 bridgehead atoms. The Labute approximate surface area is 109 Å². The Bertz CT molecular complexity index is 309. The molecule has 5 heteroatoms. The zero-order valence-electron chi connectivity index (χ0n) is 11.2. The van der Waals surface area contributed by atoms with Crippen molar-refractivity contribution in [2.45, 2.75) is 25.9 Å². The van der Waals surface area contributed by atoms with Crippen LogP contribution in [0.25, 0.3) is 0 Å². The number of nitrogens with one attached hydrogen (secondary N) is 1. The Morgan fingerprint density at radius 1 is 1.39 bits per heavy atom. The van der Waals surface area contributed by atoms with Crippen LogP contribution in [0.15, 0.2) is 18.7 Å². The fraction of sp³-hybridized carbons (Fsp3) is 0.769. The third-order valence-electron chi connectivity index (χ3n) is 3.28. The molecule has 1 aliphatic heterocycles. The van der Waals surface area contributed by atoms with Gasteiger partial charge in [-0.25, -0.2) is 4.98 Å². The minimum Gasteiger partial charge on any atom is -0.379 e. The van der Waals surface area contributed by atoms with Crippen molar-refractivity contribution in [3.05, 3.63) is 18.7 Å². The molecule has 0 saturated carbocycles. The summed E-state index contributed by atoms with van der Waals surface area (Å²) in [5.74, 6) is 0. The number of morpholine rings is 1. The molecule has 0 radical (unpaired) electrons. The summed E-state index contributed by atoms with van der Waals surface area (Å²) < 4.78 is 7.47. The summed E-state index contributed by atoms with van der Waals surface area (Å²) in [4.78, 5) is 6.51.